The van der Waals surface area contributed by atoms with Crippen molar-refractivity contribution in [3.8, 4) is 11.6 Å². The molecule has 0 aliphatic carbocycles. The van der Waals surface area contributed by atoms with Gasteiger partial charge >= 0.3 is 6.03 Å². The number of rotatable bonds is 9. The second kappa shape index (κ2) is 9.80. The van der Waals surface area contributed by atoms with Gasteiger partial charge in [-0.1, -0.05) is 13.8 Å². The molecule has 0 saturated carbocycles. The number of hydrogen-bond donors (Lipinski definition) is 2. The fraction of sp³-hybridized carbons (Fsp3) is 0.368. The number of sulfone groups is 1. The molecule has 2 N–H and O–H groups in total. The molecule has 0 bridgehead atoms. The van der Waals surface area contributed by atoms with Crippen molar-refractivity contribution in [1.29, 1.82) is 0 Å². The Hall–Kier alpha value is -3.46. The van der Waals surface area contributed by atoms with Crippen LogP contribution < -0.4 is 19.5 Å². The first kappa shape index (κ1) is 25.2. The first-order valence-electron chi connectivity index (χ1n) is 10.1. The van der Waals surface area contributed by atoms with Crippen molar-refractivity contribution in [2.75, 3.05) is 24.8 Å². The molecule has 2 amide bonds. The number of nitrogens with one attached hydrogen (secondary N) is 2. The van der Waals surface area contributed by atoms with E-state index in [1.165, 1.54) is 32.4 Å². The van der Waals surface area contributed by atoms with Gasteiger partial charge in [-0.05, 0) is 25.5 Å². The first-order valence-corrected chi connectivity index (χ1v) is 13.3. The van der Waals surface area contributed by atoms with E-state index in [1.807, 2.05) is 6.92 Å². The molecule has 13 nitrogen and oxygen atoms in total. The first-order chi connectivity index (χ1) is 16.0. The normalized spacial score (nSPS) is 11.9. The Morgan fingerprint density at radius 2 is 1.85 bits per heavy atom. The largest absolute Gasteiger partial charge is 0.492 e. The molecule has 3 aromatic heterocycles. The van der Waals surface area contributed by atoms with Gasteiger partial charge in [0.05, 0.1) is 25.7 Å². The summed E-state index contributed by atoms with van der Waals surface area (Å²) in [7, 11) is -7.44. The highest BCUT2D eigenvalue weighted by atomic mass is 32.2. The zero-order valence-electron chi connectivity index (χ0n) is 18.9. The molecule has 184 valence electrons. The number of amides is 2. The van der Waals surface area contributed by atoms with Crippen LogP contribution in [0.4, 0.5) is 10.7 Å². The Morgan fingerprint density at radius 3 is 2.50 bits per heavy atom. The minimum Gasteiger partial charge on any atom is -0.492 e. The maximum absolute atomic E-state index is 13.2. The molecule has 0 fully saturated rings. The molecule has 0 atom stereocenters. The second-order valence-electron chi connectivity index (χ2n) is 7.00. The van der Waals surface area contributed by atoms with Gasteiger partial charge in [0, 0.05) is 11.8 Å². The maximum atomic E-state index is 13.2. The Balaban J connectivity index is 2.04. The minimum atomic E-state index is -4.73. The molecule has 0 aliphatic rings. The molecule has 15 heteroatoms. The van der Waals surface area contributed by atoms with Crippen LogP contribution in [-0.4, -0.2) is 61.7 Å². The molecule has 3 rings (SSSR count). The van der Waals surface area contributed by atoms with Crippen molar-refractivity contribution < 1.29 is 31.1 Å². The predicted molar refractivity (Wildman–Crippen MR) is 121 cm³/mol. The van der Waals surface area contributed by atoms with Gasteiger partial charge in [0.1, 0.15) is 11.4 Å². The smallest absolute Gasteiger partial charge is 0.335 e. The van der Waals surface area contributed by atoms with Gasteiger partial charge in [-0.3, -0.25) is 9.72 Å². The SMILES string of the molecule is CCCOc1ccc2nc(S(=O)(=O)CC)c(S(=O)(=O)NC(=O)Nc3nc(C)cc(OC)n3)n2c1. The van der Waals surface area contributed by atoms with Gasteiger partial charge in [-0.25, -0.2) is 27.9 Å². The van der Waals surface area contributed by atoms with Crippen LogP contribution in [0.25, 0.3) is 5.65 Å². The van der Waals surface area contributed by atoms with Crippen molar-refractivity contribution in [3.63, 3.8) is 0 Å². The van der Waals surface area contributed by atoms with Crippen molar-refractivity contribution in [2.24, 2.45) is 0 Å². The van der Waals surface area contributed by atoms with Crippen LogP contribution in [0, 0.1) is 6.92 Å². The van der Waals surface area contributed by atoms with E-state index in [0.717, 1.165) is 4.40 Å². The summed E-state index contributed by atoms with van der Waals surface area (Å²) in [5.41, 5.74) is 0.506. The molecule has 3 aromatic rings. The summed E-state index contributed by atoms with van der Waals surface area (Å²) < 4.78 is 65.1. The van der Waals surface area contributed by atoms with Crippen molar-refractivity contribution in [2.45, 2.75) is 37.2 Å². The Bertz CT molecular complexity index is 1430. The minimum absolute atomic E-state index is 0.0448. The standard InChI is InChI=1S/C19H24N6O7S2/c1-5-9-32-13-7-8-14-21-16(33(27,28)6-2)17(25(14)11-13)34(29,30)24-19(26)23-18-20-12(3)10-15(22-18)31-4/h7-8,10-11H,5-6,9H2,1-4H3,(H2,20,22,23,24,26). The average Bonchev–Trinajstić information content (AvgIpc) is 3.17. The van der Waals surface area contributed by atoms with Gasteiger partial charge in [-0.2, -0.15) is 13.4 Å². The average molecular weight is 513 g/mol. The number of aryl methyl sites for hydroxylation is 1. The monoisotopic (exact) mass is 512 g/mol. The number of methoxy groups -OCH3 is 1. The van der Waals surface area contributed by atoms with Gasteiger partial charge < -0.3 is 9.47 Å². The highest BCUT2D eigenvalue weighted by Gasteiger charge is 2.33. The van der Waals surface area contributed by atoms with Gasteiger partial charge in [-0.15, -0.1) is 0 Å². The fourth-order valence-corrected chi connectivity index (χ4v) is 5.52. The number of carbonyl (C=O) groups is 1. The predicted octanol–water partition coefficient (Wildman–Crippen LogP) is 1.53. The van der Waals surface area contributed by atoms with E-state index in [4.69, 9.17) is 9.47 Å². The molecule has 0 saturated heterocycles. The fourth-order valence-electron chi connectivity index (χ4n) is 2.87. The topological polar surface area (TPSA) is 171 Å². The van der Waals surface area contributed by atoms with Crippen LogP contribution in [-0.2, 0) is 19.9 Å². The summed E-state index contributed by atoms with van der Waals surface area (Å²) in [6.07, 6.45) is 2.00. The van der Waals surface area contributed by atoms with Crippen LogP contribution in [0.3, 0.4) is 0 Å². The number of anilines is 1. The zero-order valence-corrected chi connectivity index (χ0v) is 20.5. The Kier molecular flexibility index (Phi) is 7.26. The van der Waals surface area contributed by atoms with Crippen molar-refractivity contribution in [3.05, 3.63) is 30.1 Å². The van der Waals surface area contributed by atoms with E-state index < -0.39 is 41.7 Å². The van der Waals surface area contributed by atoms with Crippen LogP contribution in [0.5, 0.6) is 11.6 Å². The number of hydrogen-bond acceptors (Lipinski definition) is 10. The zero-order chi connectivity index (χ0) is 25.1. The third kappa shape index (κ3) is 5.36. The third-order valence-electron chi connectivity index (χ3n) is 4.41. The van der Waals surface area contributed by atoms with Crippen molar-refractivity contribution >= 4 is 37.5 Å². The molecular weight excluding hydrogens is 488 g/mol. The lowest BCUT2D eigenvalue weighted by Gasteiger charge is -2.11. The maximum Gasteiger partial charge on any atom is 0.335 e. The molecule has 3 heterocycles. The van der Waals surface area contributed by atoms with Crippen LogP contribution in [0.2, 0.25) is 0 Å². The quantitative estimate of drug-likeness (QED) is 0.428. The Labute approximate surface area is 196 Å². The molecule has 0 unspecified atom stereocenters. The number of imidazole rings is 1. The second-order valence-corrected chi connectivity index (χ2v) is 10.8. The van der Waals surface area contributed by atoms with Crippen LogP contribution in [0.15, 0.2) is 34.4 Å². The molecule has 0 aliphatic heterocycles. The van der Waals surface area contributed by atoms with Crippen molar-refractivity contribution in [1.82, 2.24) is 24.1 Å². The van der Waals surface area contributed by atoms with Crippen LogP contribution >= 0.6 is 0 Å². The molecule has 0 aromatic carbocycles. The van der Waals surface area contributed by atoms with E-state index in [1.54, 1.807) is 17.7 Å². The summed E-state index contributed by atoms with van der Waals surface area (Å²) in [6, 6.07) is 3.27. The number of sulfonamides is 1. The van der Waals surface area contributed by atoms with E-state index >= 15 is 0 Å². The van der Waals surface area contributed by atoms with Gasteiger partial charge in [0.25, 0.3) is 10.0 Å². The highest BCUT2D eigenvalue weighted by Crippen LogP contribution is 2.26. The summed E-state index contributed by atoms with van der Waals surface area (Å²) in [5.74, 6) is -0.155. The summed E-state index contributed by atoms with van der Waals surface area (Å²) in [4.78, 5) is 24.4. The highest BCUT2D eigenvalue weighted by molar-refractivity contribution is 7.93. The van der Waals surface area contributed by atoms with Gasteiger partial charge in [0.15, 0.2) is 19.9 Å². The van der Waals surface area contributed by atoms with E-state index in [9.17, 15) is 21.6 Å². The molecule has 34 heavy (non-hydrogen) atoms. The lowest BCUT2D eigenvalue weighted by Crippen LogP contribution is -2.36. The lowest BCUT2D eigenvalue weighted by molar-refractivity contribution is 0.256. The Morgan fingerprint density at radius 1 is 1.12 bits per heavy atom. The molecule has 0 spiro atoms. The van der Waals surface area contributed by atoms with E-state index in [2.05, 4.69) is 20.3 Å². The third-order valence-corrected chi connectivity index (χ3v) is 7.53. The summed E-state index contributed by atoms with van der Waals surface area (Å²) in [5, 5.41) is 0.798. The molecular formula is C19H24N6O7S2. The van der Waals surface area contributed by atoms with Gasteiger partial charge in [0.2, 0.25) is 11.8 Å². The number of aromatic nitrogens is 4. The number of carbonyl (C=O) groups excluding carboxylic acids is 1. The number of nitrogens with zero attached hydrogens (tertiary/aromatic N) is 4. The molecule has 0 radical (unpaired) electrons. The van der Waals surface area contributed by atoms with E-state index in [-0.39, 0.29) is 17.5 Å². The number of pyridine rings is 1. The van der Waals surface area contributed by atoms with Crippen LogP contribution in [0.1, 0.15) is 26.0 Å². The lowest BCUT2D eigenvalue weighted by atomic mass is 10.4. The number of fused-ring (bicyclic) bond motifs is 1. The van der Waals surface area contributed by atoms with E-state index in [0.29, 0.717) is 24.5 Å². The summed E-state index contributed by atoms with van der Waals surface area (Å²) in [6.45, 7) is 5.24. The number of urea groups is 1. The summed E-state index contributed by atoms with van der Waals surface area (Å²) >= 11 is 0. The number of ether oxygens (including phenoxy) is 2.